The second-order valence-corrected chi connectivity index (χ2v) is 6.03. The second-order valence-electron chi connectivity index (χ2n) is 6.03. The van der Waals surface area contributed by atoms with Gasteiger partial charge in [-0.05, 0) is 30.2 Å². The number of anilines is 1. The number of nitrogens with two attached hydrogens (primary N) is 1. The van der Waals surface area contributed by atoms with Gasteiger partial charge in [0.15, 0.2) is 6.10 Å². The quantitative estimate of drug-likeness (QED) is 0.839. The molecule has 9 heteroatoms. The summed E-state index contributed by atoms with van der Waals surface area (Å²) in [6.45, 7) is 0.844. The Kier molecular flexibility index (Phi) is 4.79. The molecule has 26 heavy (non-hydrogen) atoms. The third-order valence-electron chi connectivity index (χ3n) is 4.45. The standard InChI is InChI=1S/C17H19FN4O4/c1-20-16(24)21-6-4-10(5-7-21)12-3-2-11(8-13(12)18)22-9-14(15(19)23)26-17(22)25/h2-4,8,14H,5-7,9H2,1H3,(H2,19,23)(H,20,24)/t14-/m1/s1. The van der Waals surface area contributed by atoms with Crippen LogP contribution in [0.4, 0.5) is 19.7 Å². The van der Waals surface area contributed by atoms with Crippen LogP contribution in [0.3, 0.4) is 0 Å². The molecule has 0 radical (unpaired) electrons. The molecule has 2 aliphatic heterocycles. The van der Waals surface area contributed by atoms with Gasteiger partial charge in [0.1, 0.15) is 5.82 Å². The first-order chi connectivity index (χ1) is 12.4. The maximum atomic E-state index is 14.6. The molecule has 3 N–H and O–H groups in total. The average molecular weight is 362 g/mol. The first-order valence-corrected chi connectivity index (χ1v) is 8.13. The van der Waals surface area contributed by atoms with Gasteiger partial charge in [0.2, 0.25) is 0 Å². The van der Waals surface area contributed by atoms with E-state index >= 15 is 0 Å². The normalized spacial score (nSPS) is 19.8. The van der Waals surface area contributed by atoms with Crippen LogP contribution < -0.4 is 16.0 Å². The topological polar surface area (TPSA) is 105 Å². The number of hydrogen-bond donors (Lipinski definition) is 2. The Morgan fingerprint density at radius 2 is 2.15 bits per heavy atom. The monoisotopic (exact) mass is 362 g/mol. The minimum Gasteiger partial charge on any atom is -0.434 e. The summed E-state index contributed by atoms with van der Waals surface area (Å²) in [7, 11) is 1.56. The number of primary amides is 1. The summed E-state index contributed by atoms with van der Waals surface area (Å²) < 4.78 is 19.4. The number of carbonyl (C=O) groups excluding carboxylic acids is 3. The molecule has 1 aromatic rings. The molecule has 138 valence electrons. The van der Waals surface area contributed by atoms with Crippen molar-refractivity contribution < 1.29 is 23.5 Å². The number of rotatable bonds is 3. The van der Waals surface area contributed by atoms with Gasteiger partial charge in [-0.25, -0.2) is 14.0 Å². The van der Waals surface area contributed by atoms with Crippen LogP contribution in [0.2, 0.25) is 0 Å². The summed E-state index contributed by atoms with van der Waals surface area (Å²) in [5.74, 6) is -1.23. The summed E-state index contributed by atoms with van der Waals surface area (Å²) in [6, 6.07) is 4.23. The van der Waals surface area contributed by atoms with Crippen molar-refractivity contribution in [3.63, 3.8) is 0 Å². The number of carbonyl (C=O) groups is 3. The molecule has 0 bridgehead atoms. The van der Waals surface area contributed by atoms with Crippen molar-refractivity contribution in [2.45, 2.75) is 12.5 Å². The second kappa shape index (κ2) is 7.03. The highest BCUT2D eigenvalue weighted by atomic mass is 19.1. The smallest absolute Gasteiger partial charge is 0.415 e. The number of hydrogen-bond acceptors (Lipinski definition) is 4. The van der Waals surface area contributed by atoms with Crippen molar-refractivity contribution in [1.82, 2.24) is 10.2 Å². The Balaban J connectivity index is 1.77. The van der Waals surface area contributed by atoms with Gasteiger partial charge in [0, 0.05) is 25.7 Å². The van der Waals surface area contributed by atoms with Crippen LogP contribution in [-0.2, 0) is 9.53 Å². The van der Waals surface area contributed by atoms with Crippen LogP contribution in [0.25, 0.3) is 5.57 Å². The van der Waals surface area contributed by atoms with E-state index < -0.39 is 23.9 Å². The van der Waals surface area contributed by atoms with E-state index in [0.717, 1.165) is 5.57 Å². The van der Waals surface area contributed by atoms with Crippen LogP contribution in [0.5, 0.6) is 0 Å². The third kappa shape index (κ3) is 3.32. The van der Waals surface area contributed by atoms with E-state index in [1.54, 1.807) is 24.1 Å². The lowest BCUT2D eigenvalue weighted by atomic mass is 9.98. The molecule has 8 nitrogen and oxygen atoms in total. The molecular weight excluding hydrogens is 343 g/mol. The number of benzene rings is 1. The predicted molar refractivity (Wildman–Crippen MR) is 91.8 cm³/mol. The van der Waals surface area contributed by atoms with Gasteiger partial charge in [-0.3, -0.25) is 9.69 Å². The zero-order valence-corrected chi connectivity index (χ0v) is 14.2. The van der Waals surface area contributed by atoms with E-state index in [2.05, 4.69) is 5.32 Å². The third-order valence-corrected chi connectivity index (χ3v) is 4.45. The number of nitrogens with one attached hydrogen (secondary N) is 1. The van der Waals surface area contributed by atoms with Crippen LogP contribution in [0, 0.1) is 5.82 Å². The van der Waals surface area contributed by atoms with Gasteiger partial charge in [0.05, 0.1) is 12.2 Å². The summed E-state index contributed by atoms with van der Waals surface area (Å²) in [4.78, 5) is 37.4. The molecule has 3 rings (SSSR count). The minimum atomic E-state index is -1.04. The molecule has 2 aliphatic rings. The lowest BCUT2D eigenvalue weighted by Crippen LogP contribution is -2.40. The lowest BCUT2D eigenvalue weighted by Gasteiger charge is -2.26. The zero-order valence-electron chi connectivity index (χ0n) is 14.2. The van der Waals surface area contributed by atoms with Crippen LogP contribution >= 0.6 is 0 Å². The minimum absolute atomic E-state index is 0.0449. The maximum Gasteiger partial charge on any atom is 0.415 e. The fraction of sp³-hybridized carbons (Fsp3) is 0.353. The van der Waals surface area contributed by atoms with Crippen molar-refractivity contribution in [2.24, 2.45) is 5.73 Å². The first kappa shape index (κ1) is 17.7. The van der Waals surface area contributed by atoms with Gasteiger partial charge in [-0.15, -0.1) is 0 Å². The van der Waals surface area contributed by atoms with E-state index in [4.69, 9.17) is 10.5 Å². The number of ether oxygens (including phenoxy) is 1. The highest BCUT2D eigenvalue weighted by Gasteiger charge is 2.36. The van der Waals surface area contributed by atoms with Crippen LogP contribution in [-0.4, -0.2) is 55.7 Å². The van der Waals surface area contributed by atoms with Crippen LogP contribution in [0.15, 0.2) is 24.3 Å². The number of halogens is 1. The van der Waals surface area contributed by atoms with Gasteiger partial charge in [0.25, 0.3) is 5.91 Å². The molecular formula is C17H19FN4O4. The summed E-state index contributed by atoms with van der Waals surface area (Å²) in [5.41, 5.74) is 6.65. The SMILES string of the molecule is CNC(=O)N1CC=C(c2ccc(N3C[C@H](C(N)=O)OC3=O)cc2F)CC1. The van der Waals surface area contributed by atoms with Crippen molar-refractivity contribution >= 4 is 29.3 Å². The highest BCUT2D eigenvalue weighted by molar-refractivity contribution is 5.95. The van der Waals surface area contributed by atoms with Crippen molar-refractivity contribution in [3.8, 4) is 0 Å². The molecule has 0 aromatic heterocycles. The van der Waals surface area contributed by atoms with Gasteiger partial charge >= 0.3 is 12.1 Å². The highest BCUT2D eigenvalue weighted by Crippen LogP contribution is 2.29. The molecule has 0 saturated carbocycles. The maximum absolute atomic E-state index is 14.6. The van der Waals surface area contributed by atoms with Gasteiger partial charge in [-0.1, -0.05) is 6.08 Å². The average Bonchev–Trinajstić information content (AvgIpc) is 3.03. The molecule has 1 saturated heterocycles. The molecule has 1 aromatic carbocycles. The van der Waals surface area contributed by atoms with E-state index in [1.807, 2.05) is 6.08 Å². The molecule has 0 unspecified atom stereocenters. The zero-order chi connectivity index (χ0) is 18.8. The van der Waals surface area contributed by atoms with Crippen molar-refractivity contribution in [3.05, 3.63) is 35.7 Å². The van der Waals surface area contributed by atoms with Crippen molar-refractivity contribution in [2.75, 3.05) is 31.6 Å². The lowest BCUT2D eigenvalue weighted by molar-refractivity contribution is -0.124. The number of urea groups is 1. The fourth-order valence-electron chi connectivity index (χ4n) is 3.01. The molecule has 1 fully saturated rings. The van der Waals surface area contributed by atoms with Gasteiger partial charge < -0.3 is 20.7 Å². The summed E-state index contributed by atoms with van der Waals surface area (Å²) in [6.07, 6.45) is 0.560. The van der Waals surface area contributed by atoms with E-state index in [0.29, 0.717) is 30.8 Å². The molecule has 0 aliphatic carbocycles. The summed E-state index contributed by atoms with van der Waals surface area (Å²) in [5, 5.41) is 2.56. The Labute approximate surface area is 149 Å². The molecule has 1 atom stereocenters. The molecule has 2 heterocycles. The predicted octanol–water partition coefficient (Wildman–Crippen LogP) is 1.06. The molecule has 0 spiro atoms. The van der Waals surface area contributed by atoms with E-state index in [1.165, 1.54) is 11.0 Å². The summed E-state index contributed by atoms with van der Waals surface area (Å²) >= 11 is 0. The Morgan fingerprint density at radius 3 is 2.69 bits per heavy atom. The van der Waals surface area contributed by atoms with Gasteiger partial charge in [-0.2, -0.15) is 0 Å². The van der Waals surface area contributed by atoms with Crippen molar-refractivity contribution in [1.29, 1.82) is 0 Å². The first-order valence-electron chi connectivity index (χ1n) is 8.13. The Hall–Kier alpha value is -3.10. The van der Waals surface area contributed by atoms with Crippen LogP contribution in [0.1, 0.15) is 12.0 Å². The number of cyclic esters (lactones) is 1. The van der Waals surface area contributed by atoms with E-state index in [-0.39, 0.29) is 12.6 Å². The largest absolute Gasteiger partial charge is 0.434 e. The Morgan fingerprint density at radius 1 is 1.38 bits per heavy atom. The number of nitrogens with zero attached hydrogens (tertiary/aromatic N) is 2. The molecule has 4 amide bonds. The number of amides is 4. The fourth-order valence-corrected chi connectivity index (χ4v) is 3.01. The Bertz CT molecular complexity index is 795. The van der Waals surface area contributed by atoms with E-state index in [9.17, 15) is 18.8 Å².